The lowest BCUT2D eigenvalue weighted by molar-refractivity contribution is 0.330. The van der Waals surface area contributed by atoms with Gasteiger partial charge in [0.15, 0.2) is 0 Å². The van der Waals surface area contributed by atoms with E-state index in [4.69, 9.17) is 10.3 Å². The third kappa shape index (κ3) is 3.41. The molecule has 1 aromatic carbocycles. The SMILES string of the molecule is Nc1ccccc1NCOS(=O)O. The first kappa shape index (κ1) is 9.97. The van der Waals surface area contributed by atoms with Crippen LogP contribution in [0.2, 0.25) is 0 Å². The average Bonchev–Trinajstić information content (AvgIpc) is 2.08. The van der Waals surface area contributed by atoms with Crippen LogP contribution in [0.15, 0.2) is 24.3 Å². The van der Waals surface area contributed by atoms with Crippen molar-refractivity contribution in [1.29, 1.82) is 0 Å². The second kappa shape index (κ2) is 4.80. The van der Waals surface area contributed by atoms with Crippen molar-refractivity contribution < 1.29 is 12.9 Å². The Kier molecular flexibility index (Phi) is 3.69. The highest BCUT2D eigenvalue weighted by atomic mass is 32.2. The van der Waals surface area contributed by atoms with E-state index in [1.165, 1.54) is 0 Å². The van der Waals surface area contributed by atoms with Crippen molar-refractivity contribution in [2.24, 2.45) is 0 Å². The van der Waals surface area contributed by atoms with Gasteiger partial charge in [-0.25, -0.2) is 4.18 Å². The Labute approximate surface area is 78.4 Å². The molecule has 13 heavy (non-hydrogen) atoms. The van der Waals surface area contributed by atoms with Crippen LogP contribution in [0.25, 0.3) is 0 Å². The van der Waals surface area contributed by atoms with Gasteiger partial charge in [-0.1, -0.05) is 12.1 Å². The summed E-state index contributed by atoms with van der Waals surface area (Å²) >= 11 is -2.25. The minimum atomic E-state index is -2.25. The van der Waals surface area contributed by atoms with E-state index in [0.29, 0.717) is 11.4 Å². The number of hydrogen-bond donors (Lipinski definition) is 3. The average molecular weight is 202 g/mol. The molecule has 1 unspecified atom stereocenters. The van der Waals surface area contributed by atoms with E-state index in [1.807, 2.05) is 0 Å². The topological polar surface area (TPSA) is 84.6 Å². The molecule has 0 radical (unpaired) electrons. The summed E-state index contributed by atoms with van der Waals surface area (Å²) in [5, 5.41) is 2.74. The largest absolute Gasteiger partial charge is 0.397 e. The molecule has 5 nitrogen and oxygen atoms in total. The fraction of sp³-hybridized carbons (Fsp3) is 0.143. The standard InChI is InChI=1S/C7H10N2O3S/c8-6-3-1-2-4-7(6)9-5-12-13(10)11/h1-4,9H,5,8H2,(H,10,11). The van der Waals surface area contributed by atoms with Crippen molar-refractivity contribution in [1.82, 2.24) is 0 Å². The number of benzene rings is 1. The molecule has 72 valence electrons. The maximum atomic E-state index is 10.1. The summed E-state index contributed by atoms with van der Waals surface area (Å²) in [7, 11) is 0. The number of rotatable bonds is 4. The smallest absolute Gasteiger partial charge is 0.303 e. The van der Waals surface area contributed by atoms with E-state index in [-0.39, 0.29) is 6.73 Å². The van der Waals surface area contributed by atoms with Gasteiger partial charge in [0, 0.05) is 0 Å². The number of para-hydroxylation sites is 2. The Morgan fingerprint density at radius 1 is 1.54 bits per heavy atom. The molecule has 0 aliphatic heterocycles. The minimum absolute atomic E-state index is 0.0582. The van der Waals surface area contributed by atoms with Gasteiger partial charge in [0.05, 0.1) is 11.4 Å². The lowest BCUT2D eigenvalue weighted by atomic mass is 10.3. The molecule has 1 atom stereocenters. The van der Waals surface area contributed by atoms with Gasteiger partial charge >= 0.3 is 11.4 Å². The first-order valence-corrected chi connectivity index (χ1v) is 4.56. The molecule has 0 fully saturated rings. The molecular weight excluding hydrogens is 192 g/mol. The Morgan fingerprint density at radius 2 is 2.23 bits per heavy atom. The predicted octanol–water partition coefficient (Wildman–Crippen LogP) is 0.791. The van der Waals surface area contributed by atoms with Crippen LogP contribution in [0.5, 0.6) is 0 Å². The molecule has 6 heteroatoms. The van der Waals surface area contributed by atoms with Crippen molar-refractivity contribution >= 4 is 22.7 Å². The van der Waals surface area contributed by atoms with E-state index < -0.39 is 11.4 Å². The number of hydrogen-bond acceptors (Lipinski definition) is 4. The van der Waals surface area contributed by atoms with E-state index in [9.17, 15) is 4.21 Å². The van der Waals surface area contributed by atoms with Crippen LogP contribution in [0.4, 0.5) is 11.4 Å². The van der Waals surface area contributed by atoms with Crippen molar-refractivity contribution in [2.75, 3.05) is 17.8 Å². The third-order valence-electron chi connectivity index (χ3n) is 1.38. The Bertz CT molecular complexity index is 306. The van der Waals surface area contributed by atoms with Gasteiger partial charge in [0.2, 0.25) is 0 Å². The highest BCUT2D eigenvalue weighted by Gasteiger charge is 1.96. The Hall–Kier alpha value is -1.11. The van der Waals surface area contributed by atoms with E-state index in [1.54, 1.807) is 24.3 Å². The zero-order valence-electron chi connectivity index (χ0n) is 6.77. The molecule has 0 amide bonds. The van der Waals surface area contributed by atoms with Crippen LogP contribution in [-0.2, 0) is 15.5 Å². The second-order valence-corrected chi connectivity index (χ2v) is 2.91. The summed E-state index contributed by atoms with van der Waals surface area (Å²) in [5.41, 5.74) is 6.82. The first-order chi connectivity index (χ1) is 6.20. The molecule has 1 rings (SSSR count). The molecule has 1 aromatic rings. The Morgan fingerprint density at radius 3 is 2.85 bits per heavy atom. The quantitative estimate of drug-likeness (QED) is 0.382. The third-order valence-corrected chi connectivity index (χ3v) is 1.70. The summed E-state index contributed by atoms with van der Waals surface area (Å²) in [6.07, 6.45) is 0. The van der Waals surface area contributed by atoms with Gasteiger partial charge < -0.3 is 11.1 Å². The fourth-order valence-corrected chi connectivity index (χ4v) is 0.975. The molecule has 0 aromatic heterocycles. The minimum Gasteiger partial charge on any atom is -0.397 e. The van der Waals surface area contributed by atoms with E-state index >= 15 is 0 Å². The molecule has 0 spiro atoms. The second-order valence-electron chi connectivity index (χ2n) is 2.24. The summed E-state index contributed by atoms with van der Waals surface area (Å²) < 4.78 is 22.7. The first-order valence-electron chi connectivity index (χ1n) is 3.52. The van der Waals surface area contributed by atoms with Gasteiger partial charge in [-0.05, 0) is 12.1 Å². The zero-order chi connectivity index (χ0) is 9.68. The predicted molar refractivity (Wildman–Crippen MR) is 51.2 cm³/mol. The number of nitrogens with one attached hydrogen (secondary N) is 1. The summed E-state index contributed by atoms with van der Waals surface area (Å²) in [4.78, 5) is 0. The van der Waals surface area contributed by atoms with Gasteiger partial charge in [-0.3, -0.25) is 4.55 Å². The van der Waals surface area contributed by atoms with Crippen LogP contribution in [0.3, 0.4) is 0 Å². The van der Waals surface area contributed by atoms with Crippen LogP contribution in [0, 0.1) is 0 Å². The molecule has 0 heterocycles. The van der Waals surface area contributed by atoms with Crippen LogP contribution >= 0.6 is 0 Å². The van der Waals surface area contributed by atoms with Gasteiger partial charge in [-0.15, -0.1) is 0 Å². The lowest BCUT2D eigenvalue weighted by Gasteiger charge is -2.06. The highest BCUT2D eigenvalue weighted by Crippen LogP contribution is 2.15. The van der Waals surface area contributed by atoms with Gasteiger partial charge in [-0.2, -0.15) is 4.21 Å². The van der Waals surface area contributed by atoms with Crippen molar-refractivity contribution in [2.45, 2.75) is 0 Å². The van der Waals surface area contributed by atoms with Crippen molar-refractivity contribution in [3.63, 3.8) is 0 Å². The molecule has 0 aliphatic carbocycles. The lowest BCUT2D eigenvalue weighted by Crippen LogP contribution is -2.08. The van der Waals surface area contributed by atoms with Gasteiger partial charge in [0.1, 0.15) is 6.73 Å². The summed E-state index contributed by atoms with van der Waals surface area (Å²) in [6, 6.07) is 7.07. The number of anilines is 2. The molecule has 0 aliphatic rings. The van der Waals surface area contributed by atoms with Crippen LogP contribution in [-0.4, -0.2) is 15.5 Å². The monoisotopic (exact) mass is 202 g/mol. The molecular formula is C7H10N2O3S. The highest BCUT2D eigenvalue weighted by molar-refractivity contribution is 7.74. The molecule has 0 saturated heterocycles. The Balaban J connectivity index is 2.45. The van der Waals surface area contributed by atoms with Crippen molar-refractivity contribution in [3.8, 4) is 0 Å². The number of nitrogen functional groups attached to an aromatic ring is 1. The maximum Gasteiger partial charge on any atom is 0.303 e. The molecule has 4 N–H and O–H groups in total. The molecule has 0 saturated carbocycles. The van der Waals surface area contributed by atoms with Crippen LogP contribution in [0.1, 0.15) is 0 Å². The van der Waals surface area contributed by atoms with Gasteiger partial charge in [0.25, 0.3) is 0 Å². The van der Waals surface area contributed by atoms with E-state index in [2.05, 4.69) is 9.50 Å². The van der Waals surface area contributed by atoms with E-state index in [0.717, 1.165) is 0 Å². The molecule has 0 bridgehead atoms. The zero-order valence-corrected chi connectivity index (χ0v) is 7.58. The fourth-order valence-electron chi connectivity index (χ4n) is 0.816. The van der Waals surface area contributed by atoms with Crippen LogP contribution < -0.4 is 11.1 Å². The summed E-state index contributed by atoms with van der Waals surface area (Å²) in [6.45, 7) is -0.0582. The maximum absolute atomic E-state index is 10.1. The van der Waals surface area contributed by atoms with Crippen molar-refractivity contribution in [3.05, 3.63) is 24.3 Å². The normalized spacial score (nSPS) is 12.4. The summed E-state index contributed by atoms with van der Waals surface area (Å²) in [5.74, 6) is 0. The number of nitrogens with two attached hydrogens (primary N) is 1.